The Morgan fingerprint density at radius 2 is 1.53 bits per heavy atom. The zero-order valence-corrected chi connectivity index (χ0v) is 17.5. The quantitative estimate of drug-likeness (QED) is 0.391. The maximum atomic E-state index is 14.5. The van der Waals surface area contributed by atoms with Gasteiger partial charge in [-0.25, -0.2) is 22.8 Å². The number of benzene rings is 2. The monoisotopic (exact) mass is 441 g/mol. The topological polar surface area (TPSA) is 72.8 Å². The fourth-order valence-corrected chi connectivity index (χ4v) is 4.02. The minimum absolute atomic E-state index is 0.258. The molecule has 0 aliphatic rings. The van der Waals surface area contributed by atoms with Crippen molar-refractivity contribution in [2.24, 2.45) is 0 Å². The second-order valence-corrected chi connectivity index (χ2v) is 8.21. The highest BCUT2D eigenvalue weighted by Gasteiger charge is 2.13. The van der Waals surface area contributed by atoms with Gasteiger partial charge in [-0.3, -0.25) is 4.98 Å². The van der Waals surface area contributed by atoms with E-state index in [1.807, 2.05) is 24.3 Å². The van der Waals surface area contributed by atoms with Gasteiger partial charge in [0.25, 0.3) is 0 Å². The largest absolute Gasteiger partial charge is 0.263 e. The number of halogens is 1. The van der Waals surface area contributed by atoms with Crippen molar-refractivity contribution in [1.29, 1.82) is 0 Å². The first kappa shape index (κ1) is 20.0. The molecule has 32 heavy (non-hydrogen) atoms. The van der Waals surface area contributed by atoms with Crippen LogP contribution in [0.25, 0.3) is 44.5 Å². The van der Waals surface area contributed by atoms with Crippen LogP contribution >= 0.6 is 0 Å². The Labute approximate surface area is 185 Å². The van der Waals surface area contributed by atoms with Crippen LogP contribution in [0.5, 0.6) is 0 Å². The van der Waals surface area contributed by atoms with Crippen LogP contribution in [0.2, 0.25) is 0 Å². The van der Waals surface area contributed by atoms with Crippen molar-refractivity contribution in [1.82, 2.24) is 15.0 Å². The fraction of sp³-hybridized carbons (Fsp3) is 0. The molecule has 0 radical (unpaired) electrons. The minimum Gasteiger partial charge on any atom is -0.263 e. The summed E-state index contributed by atoms with van der Waals surface area (Å²) in [5.74, 6) is -0.357. The van der Waals surface area contributed by atoms with Crippen LogP contribution in [-0.4, -0.2) is 23.4 Å². The third-order valence-electron chi connectivity index (χ3n) is 5.19. The van der Waals surface area contributed by atoms with Gasteiger partial charge < -0.3 is 0 Å². The number of aromatic nitrogens is 3. The first-order valence-electron chi connectivity index (χ1n) is 9.81. The molecule has 0 saturated heterocycles. The van der Waals surface area contributed by atoms with Gasteiger partial charge in [0, 0.05) is 40.7 Å². The van der Waals surface area contributed by atoms with Gasteiger partial charge in [-0.15, -0.1) is 0 Å². The van der Waals surface area contributed by atoms with E-state index in [0.717, 1.165) is 27.6 Å². The smallest absolute Gasteiger partial charge is 0.168 e. The average molecular weight is 441 g/mol. The van der Waals surface area contributed by atoms with Crippen molar-refractivity contribution in [2.45, 2.75) is 4.90 Å². The molecule has 5 nitrogen and oxygen atoms in total. The van der Waals surface area contributed by atoms with Crippen molar-refractivity contribution in [3.63, 3.8) is 0 Å². The van der Waals surface area contributed by atoms with Gasteiger partial charge in [-0.2, -0.15) is 0 Å². The van der Waals surface area contributed by atoms with E-state index in [1.54, 1.807) is 61.1 Å². The van der Waals surface area contributed by atoms with Crippen molar-refractivity contribution >= 4 is 21.7 Å². The van der Waals surface area contributed by atoms with Gasteiger partial charge in [0.2, 0.25) is 0 Å². The predicted octanol–water partition coefficient (Wildman–Crippen LogP) is 5.14. The van der Waals surface area contributed by atoms with E-state index in [9.17, 15) is 12.8 Å². The van der Waals surface area contributed by atoms with Crippen molar-refractivity contribution in [3.05, 3.63) is 97.2 Å². The predicted molar refractivity (Wildman–Crippen MR) is 122 cm³/mol. The van der Waals surface area contributed by atoms with E-state index in [1.165, 1.54) is 6.07 Å². The van der Waals surface area contributed by atoms with Gasteiger partial charge in [0.15, 0.2) is 16.4 Å². The van der Waals surface area contributed by atoms with Gasteiger partial charge in [-0.05, 0) is 59.7 Å². The Hall–Kier alpha value is -3.97. The molecular formula is C25H16FN3O2S. The standard InChI is InChI=1S/C25H16FN3O2S/c26-23-6-2-1-4-21(23)24-13-22(20-5-3-11-28-25(20)29-24)18-12-17(14-27-15-18)16-7-9-19(10-8-16)32(30)31/h1-15,32H. The Balaban J connectivity index is 1.68. The van der Waals surface area contributed by atoms with Crippen molar-refractivity contribution in [2.75, 3.05) is 0 Å². The Morgan fingerprint density at radius 1 is 0.750 bits per heavy atom. The number of thiol groups is 1. The summed E-state index contributed by atoms with van der Waals surface area (Å²) in [4.78, 5) is 13.6. The second kappa shape index (κ2) is 8.28. The number of hydrogen-bond donors (Lipinski definition) is 1. The van der Waals surface area contributed by atoms with E-state index in [2.05, 4.69) is 15.0 Å². The highest BCUT2D eigenvalue weighted by Crippen LogP contribution is 2.33. The summed E-state index contributed by atoms with van der Waals surface area (Å²) in [6, 6.07) is 20.7. The van der Waals surface area contributed by atoms with Crippen LogP contribution < -0.4 is 0 Å². The lowest BCUT2D eigenvalue weighted by molar-refractivity contribution is 0.614. The SMILES string of the molecule is O=[SH](=O)c1ccc(-c2cncc(-c3cc(-c4ccccc4F)nc4ncccc34)c2)cc1. The number of hydrogen-bond acceptors (Lipinski definition) is 5. The summed E-state index contributed by atoms with van der Waals surface area (Å²) < 4.78 is 36.8. The highest BCUT2D eigenvalue weighted by molar-refractivity contribution is 7.72. The molecule has 0 unspecified atom stereocenters. The molecule has 0 spiro atoms. The third-order valence-corrected chi connectivity index (χ3v) is 5.91. The molecule has 0 N–H and O–H groups in total. The summed E-state index contributed by atoms with van der Waals surface area (Å²) in [5.41, 5.74) is 4.71. The van der Waals surface area contributed by atoms with Gasteiger partial charge in [-0.1, -0.05) is 24.3 Å². The zero-order chi connectivity index (χ0) is 22.1. The summed E-state index contributed by atoms with van der Waals surface area (Å²) in [6.07, 6.45) is 5.11. The van der Waals surface area contributed by atoms with Crippen LogP contribution in [0.15, 0.2) is 96.3 Å². The minimum atomic E-state index is -2.63. The Kier molecular flexibility index (Phi) is 5.17. The first-order chi connectivity index (χ1) is 15.6. The van der Waals surface area contributed by atoms with Crippen molar-refractivity contribution < 1.29 is 12.8 Å². The molecule has 5 rings (SSSR count). The summed E-state index contributed by atoms with van der Waals surface area (Å²) in [6.45, 7) is 0. The molecule has 7 heteroatoms. The second-order valence-electron chi connectivity index (χ2n) is 7.18. The normalized spacial score (nSPS) is 11.2. The Bertz CT molecular complexity index is 1520. The van der Waals surface area contributed by atoms with E-state index in [-0.39, 0.29) is 10.7 Å². The van der Waals surface area contributed by atoms with Gasteiger partial charge in [0.05, 0.1) is 10.6 Å². The maximum absolute atomic E-state index is 14.5. The molecule has 0 aliphatic carbocycles. The third kappa shape index (κ3) is 3.74. The molecule has 0 fully saturated rings. The zero-order valence-electron chi connectivity index (χ0n) is 16.6. The molecule has 2 aromatic carbocycles. The Morgan fingerprint density at radius 3 is 2.31 bits per heavy atom. The van der Waals surface area contributed by atoms with Crippen LogP contribution in [0.1, 0.15) is 0 Å². The van der Waals surface area contributed by atoms with E-state index < -0.39 is 10.7 Å². The van der Waals surface area contributed by atoms with Gasteiger partial charge in [0.1, 0.15) is 5.82 Å². The molecule has 3 aromatic heterocycles. The molecule has 3 heterocycles. The van der Waals surface area contributed by atoms with Crippen LogP contribution in [0.4, 0.5) is 4.39 Å². The van der Waals surface area contributed by atoms with Crippen molar-refractivity contribution in [3.8, 4) is 33.5 Å². The number of pyridine rings is 3. The highest BCUT2D eigenvalue weighted by atomic mass is 32.2. The maximum Gasteiger partial charge on any atom is 0.168 e. The lowest BCUT2D eigenvalue weighted by atomic mass is 9.98. The number of rotatable bonds is 4. The van der Waals surface area contributed by atoms with E-state index in [0.29, 0.717) is 16.9 Å². The van der Waals surface area contributed by atoms with Crippen LogP contribution in [-0.2, 0) is 10.7 Å². The van der Waals surface area contributed by atoms with E-state index >= 15 is 0 Å². The molecule has 0 amide bonds. The summed E-state index contributed by atoms with van der Waals surface area (Å²) >= 11 is 0. The molecule has 0 saturated carbocycles. The molecule has 0 bridgehead atoms. The fourth-order valence-electron chi connectivity index (χ4n) is 3.62. The first-order valence-corrected chi connectivity index (χ1v) is 11.0. The van der Waals surface area contributed by atoms with Crippen LogP contribution in [0, 0.1) is 5.82 Å². The number of nitrogens with zero attached hydrogens (tertiary/aromatic N) is 3. The van der Waals surface area contributed by atoms with E-state index in [4.69, 9.17) is 0 Å². The summed E-state index contributed by atoms with van der Waals surface area (Å²) in [5, 5.41) is 0.824. The number of fused-ring (bicyclic) bond motifs is 1. The van der Waals surface area contributed by atoms with Gasteiger partial charge >= 0.3 is 0 Å². The molecule has 156 valence electrons. The molecular weight excluding hydrogens is 425 g/mol. The lowest BCUT2D eigenvalue weighted by Crippen LogP contribution is -1.94. The average Bonchev–Trinajstić information content (AvgIpc) is 2.84. The summed E-state index contributed by atoms with van der Waals surface area (Å²) in [7, 11) is -2.63. The molecule has 0 aliphatic heterocycles. The van der Waals surface area contributed by atoms with Crippen LogP contribution in [0.3, 0.4) is 0 Å². The molecule has 5 aromatic rings. The molecule has 0 atom stereocenters. The lowest BCUT2D eigenvalue weighted by Gasteiger charge is -2.11.